The molecule has 0 bridgehead atoms. The van der Waals surface area contributed by atoms with E-state index in [1.165, 1.54) is 21.3 Å². The third-order valence-electron chi connectivity index (χ3n) is 9.55. The van der Waals surface area contributed by atoms with Gasteiger partial charge in [0.25, 0.3) is 5.79 Å². The van der Waals surface area contributed by atoms with Crippen LogP contribution in [0.3, 0.4) is 0 Å². The number of esters is 1. The first-order valence-corrected chi connectivity index (χ1v) is 23.0. The third kappa shape index (κ3) is 12.6. The number of cyclic esters (lactones) is 1. The molecule has 1 aliphatic heterocycles. The van der Waals surface area contributed by atoms with Gasteiger partial charge in [-0.1, -0.05) is 6.07 Å². The van der Waals surface area contributed by atoms with Gasteiger partial charge in [0.1, 0.15) is 17.3 Å². The van der Waals surface area contributed by atoms with E-state index in [0.717, 1.165) is 18.0 Å². The Labute approximate surface area is 397 Å². The highest BCUT2D eigenvalue weighted by molar-refractivity contribution is 7.00. The number of aromatic nitrogens is 2. The molecule has 1 N–H and O–H groups in total. The molecule has 362 valence electrons. The summed E-state index contributed by atoms with van der Waals surface area (Å²) in [5.74, 6) is 0.993. The lowest BCUT2D eigenvalue weighted by molar-refractivity contribution is -0.185. The van der Waals surface area contributed by atoms with E-state index in [0.29, 0.717) is 68.0 Å². The quantitative estimate of drug-likeness (QED) is 0.0576. The number of hydrogen-bond donors (Lipinski definition) is 1. The van der Waals surface area contributed by atoms with Crippen LogP contribution >= 0.6 is 11.7 Å². The number of carbonyl (C=O) groups excluding carboxylic acids is 2. The van der Waals surface area contributed by atoms with Crippen LogP contribution in [-0.4, -0.2) is 84.1 Å². The van der Waals surface area contributed by atoms with Crippen molar-refractivity contribution < 1.29 is 62.1 Å². The monoisotopic (exact) mass is 944 g/mol. The van der Waals surface area contributed by atoms with Gasteiger partial charge in [0.15, 0.2) is 34.5 Å². The number of benzene rings is 4. The maximum atomic E-state index is 13.8. The number of carbonyl (C=O) groups is 2. The molecule has 1 unspecified atom stereocenters. The fraction of sp³-hybridized carbons (Fsp3) is 0.451. The highest BCUT2D eigenvalue weighted by atomic mass is 32.1. The summed E-state index contributed by atoms with van der Waals surface area (Å²) in [5.41, 5.74) is 3.70. The van der Waals surface area contributed by atoms with Gasteiger partial charge in [0.05, 0.1) is 75.3 Å². The zero-order chi connectivity index (χ0) is 49.3. The molecule has 1 atom stereocenters. The van der Waals surface area contributed by atoms with E-state index in [-0.39, 0.29) is 71.3 Å². The van der Waals surface area contributed by atoms with Crippen molar-refractivity contribution in [3.8, 4) is 51.7 Å². The van der Waals surface area contributed by atoms with Crippen molar-refractivity contribution in [3.05, 3.63) is 82.4 Å². The largest absolute Gasteiger partial charge is 0.493 e. The van der Waals surface area contributed by atoms with Crippen molar-refractivity contribution in [1.82, 2.24) is 8.75 Å². The van der Waals surface area contributed by atoms with Gasteiger partial charge in [0, 0.05) is 23.1 Å². The summed E-state index contributed by atoms with van der Waals surface area (Å²) in [5, 5.41) is 12.5. The zero-order valence-corrected chi connectivity index (χ0v) is 41.9. The Kier molecular flexibility index (Phi) is 17.4. The summed E-state index contributed by atoms with van der Waals surface area (Å²) < 4.78 is 67.1. The standard InChI is InChI=1S/C35H40N2O9S.C16H24O4/c1-18(2)43-29-13-21(14-30(44-19(3)4)33(29)45-20(5)6)12-24-31(22-10-11-25-26(15-22)37-47-36-25)34(38)46-35(24,39)23-16-27(40-7)32(42-9)28(17-23)41-8;1-10(2)18-14-7-13(9-17)8-15(19-11(3)4)16(14)20-12(5)6/h10-11,13-20,39H,12H2,1-9H3;7-12H,1-6H3. The summed E-state index contributed by atoms with van der Waals surface area (Å²) in [4.78, 5) is 24.9. The second-order valence-electron chi connectivity index (χ2n) is 17.3. The van der Waals surface area contributed by atoms with Crippen molar-refractivity contribution in [1.29, 1.82) is 0 Å². The topological polar surface area (TPSA) is 172 Å². The lowest BCUT2D eigenvalue weighted by Gasteiger charge is -2.28. The van der Waals surface area contributed by atoms with Crippen LogP contribution in [0.4, 0.5) is 0 Å². The van der Waals surface area contributed by atoms with Crippen molar-refractivity contribution in [2.45, 2.75) is 132 Å². The summed E-state index contributed by atoms with van der Waals surface area (Å²) in [6.07, 6.45) is 0.296. The van der Waals surface area contributed by atoms with Gasteiger partial charge in [-0.15, -0.1) is 0 Å². The van der Waals surface area contributed by atoms with E-state index in [2.05, 4.69) is 8.75 Å². The number of fused-ring (bicyclic) bond motifs is 1. The Morgan fingerprint density at radius 2 is 1.03 bits per heavy atom. The molecule has 0 saturated carbocycles. The molecule has 4 aromatic carbocycles. The molecule has 6 rings (SSSR count). The first kappa shape index (κ1) is 51.7. The smallest absolute Gasteiger partial charge is 0.342 e. The van der Waals surface area contributed by atoms with Crippen LogP contribution in [0.5, 0.6) is 51.7 Å². The van der Waals surface area contributed by atoms with E-state index in [4.69, 9.17) is 47.4 Å². The number of rotatable bonds is 20. The molecule has 0 aliphatic carbocycles. The van der Waals surface area contributed by atoms with Gasteiger partial charge in [-0.2, -0.15) is 8.75 Å². The van der Waals surface area contributed by atoms with Crippen LogP contribution in [-0.2, 0) is 21.7 Å². The molecular formula is C51H64N2O13S. The molecule has 1 aliphatic rings. The van der Waals surface area contributed by atoms with Gasteiger partial charge in [-0.3, -0.25) is 4.79 Å². The first-order chi connectivity index (χ1) is 31.7. The minimum atomic E-state index is -2.22. The fourth-order valence-corrected chi connectivity index (χ4v) is 7.68. The highest BCUT2D eigenvalue weighted by Gasteiger charge is 2.49. The SMILES string of the molecule is CC(C)Oc1cc(C=O)cc(OC(C)C)c1OC(C)C.COc1cc(C2(O)OC(=O)C(c3ccc4nsnc4c3)=C2Cc2cc(OC(C)C)c(OC(C)C)c(OC(C)C)c2)cc(OC)c1OC. The number of hydrogen-bond acceptors (Lipinski definition) is 16. The van der Waals surface area contributed by atoms with Crippen molar-refractivity contribution in [3.63, 3.8) is 0 Å². The van der Waals surface area contributed by atoms with E-state index in [1.807, 2.05) is 95.2 Å². The van der Waals surface area contributed by atoms with Gasteiger partial charge in [-0.25, -0.2) is 4.79 Å². The molecule has 15 nitrogen and oxygen atoms in total. The number of aliphatic hydroxyl groups is 1. The average Bonchev–Trinajstić information content (AvgIpc) is 3.82. The molecule has 16 heteroatoms. The molecule has 5 aromatic rings. The van der Waals surface area contributed by atoms with Gasteiger partial charge in [0.2, 0.25) is 17.2 Å². The Morgan fingerprint density at radius 3 is 1.45 bits per heavy atom. The predicted molar refractivity (Wildman–Crippen MR) is 257 cm³/mol. The van der Waals surface area contributed by atoms with Crippen molar-refractivity contribution >= 4 is 40.6 Å². The lowest BCUT2D eigenvalue weighted by atomic mass is 9.87. The van der Waals surface area contributed by atoms with Crippen LogP contribution in [0.15, 0.2) is 60.2 Å². The number of nitrogens with zero attached hydrogens (tertiary/aromatic N) is 2. The van der Waals surface area contributed by atoms with Gasteiger partial charge >= 0.3 is 5.97 Å². The molecule has 67 heavy (non-hydrogen) atoms. The Hall–Kier alpha value is -6.26. The number of methoxy groups -OCH3 is 3. The van der Waals surface area contributed by atoms with Crippen LogP contribution in [0.25, 0.3) is 16.6 Å². The van der Waals surface area contributed by atoms with Gasteiger partial charge in [-0.05, 0) is 143 Å². The maximum Gasteiger partial charge on any atom is 0.342 e. The Balaban J connectivity index is 0.000000352. The molecule has 0 amide bonds. The van der Waals surface area contributed by atoms with Crippen LogP contribution in [0.1, 0.15) is 110 Å². The van der Waals surface area contributed by atoms with E-state index < -0.39 is 11.8 Å². The minimum Gasteiger partial charge on any atom is -0.493 e. The summed E-state index contributed by atoms with van der Waals surface area (Å²) in [7, 11) is 4.42. The average molecular weight is 945 g/mol. The minimum absolute atomic E-state index is 0.0129. The molecule has 0 saturated heterocycles. The van der Waals surface area contributed by atoms with Crippen molar-refractivity contribution in [2.75, 3.05) is 21.3 Å². The molecule has 0 spiro atoms. The highest BCUT2D eigenvalue weighted by Crippen LogP contribution is 2.50. The maximum absolute atomic E-state index is 13.8. The van der Waals surface area contributed by atoms with Crippen LogP contribution < -0.4 is 42.6 Å². The Bertz CT molecular complexity index is 2460. The second-order valence-corrected chi connectivity index (χ2v) is 17.9. The normalized spacial score (nSPS) is 14.7. The molecular weight excluding hydrogens is 881 g/mol. The third-order valence-corrected chi connectivity index (χ3v) is 10.1. The molecule has 0 fully saturated rings. The van der Waals surface area contributed by atoms with E-state index in [9.17, 15) is 14.7 Å². The first-order valence-electron chi connectivity index (χ1n) is 22.2. The summed E-state index contributed by atoms with van der Waals surface area (Å²) in [6.45, 7) is 23.1. The van der Waals surface area contributed by atoms with Gasteiger partial charge < -0.3 is 52.5 Å². The zero-order valence-electron chi connectivity index (χ0n) is 41.1. The van der Waals surface area contributed by atoms with Crippen LogP contribution in [0, 0.1) is 0 Å². The molecule has 1 aromatic heterocycles. The lowest BCUT2D eigenvalue weighted by Crippen LogP contribution is -2.30. The summed E-state index contributed by atoms with van der Waals surface area (Å²) >= 11 is 1.07. The Morgan fingerprint density at radius 1 is 0.582 bits per heavy atom. The number of aldehydes is 1. The summed E-state index contributed by atoms with van der Waals surface area (Å²) in [6, 6.07) is 15.5. The fourth-order valence-electron chi connectivity index (χ4n) is 7.16. The van der Waals surface area contributed by atoms with E-state index in [1.54, 1.807) is 42.5 Å². The second kappa shape index (κ2) is 22.5. The predicted octanol–water partition coefficient (Wildman–Crippen LogP) is 10.3. The van der Waals surface area contributed by atoms with Crippen LogP contribution in [0.2, 0.25) is 0 Å². The number of ether oxygens (including phenoxy) is 10. The molecule has 0 radical (unpaired) electrons. The van der Waals surface area contributed by atoms with E-state index >= 15 is 0 Å². The molecule has 2 heterocycles. The van der Waals surface area contributed by atoms with Crippen molar-refractivity contribution in [2.24, 2.45) is 0 Å².